The Morgan fingerprint density at radius 2 is 1.65 bits per heavy atom. The van der Waals surface area contributed by atoms with Gasteiger partial charge >= 0.3 is 0 Å². The van der Waals surface area contributed by atoms with Crippen LogP contribution in [0.4, 0.5) is 20.4 Å². The molecule has 0 radical (unpaired) electrons. The number of nitrogens with two attached hydrogens (primary N) is 1. The predicted molar refractivity (Wildman–Crippen MR) is 115 cm³/mol. The van der Waals surface area contributed by atoms with E-state index in [-0.39, 0.29) is 28.9 Å². The highest BCUT2D eigenvalue weighted by Gasteiger charge is 2.26. The number of nitrogens with zero attached hydrogens (tertiary/aromatic N) is 3. The van der Waals surface area contributed by atoms with Crippen LogP contribution in [0.15, 0.2) is 24.4 Å². The van der Waals surface area contributed by atoms with Crippen molar-refractivity contribution >= 4 is 22.4 Å². The molecule has 0 bridgehead atoms. The molecule has 2 N–H and O–H groups in total. The molecule has 1 aliphatic rings. The van der Waals surface area contributed by atoms with Gasteiger partial charge in [-0.15, -0.1) is 0 Å². The number of methoxy groups -OCH3 is 3. The monoisotopic (exact) mass is 430 g/mol. The first-order chi connectivity index (χ1) is 15.0. The highest BCUT2D eigenvalue weighted by molar-refractivity contribution is 5.96. The summed E-state index contributed by atoms with van der Waals surface area (Å²) in [5.74, 6) is -1.02. The predicted octanol–water partition coefficient (Wildman–Crippen LogP) is 3.79. The fraction of sp³-hybridized carbons (Fsp3) is 0.364. The molecule has 164 valence electrons. The molecule has 1 fully saturated rings. The van der Waals surface area contributed by atoms with Crippen molar-refractivity contribution in [2.45, 2.75) is 18.9 Å². The molecule has 0 unspecified atom stereocenters. The van der Waals surface area contributed by atoms with Crippen LogP contribution < -0.4 is 20.1 Å². The number of nitrogen functional groups attached to an aromatic ring is 1. The van der Waals surface area contributed by atoms with Gasteiger partial charge in [0.05, 0.1) is 31.6 Å². The SMILES string of the molecule is COc1cc(OC)c(F)c(-c2cc3cnc(N)cc3c(N3CCC(OC)CC3)n2)c1F. The second-order valence-corrected chi connectivity index (χ2v) is 7.37. The van der Waals surface area contributed by atoms with E-state index in [9.17, 15) is 0 Å². The lowest BCUT2D eigenvalue weighted by Crippen LogP contribution is -2.37. The van der Waals surface area contributed by atoms with Gasteiger partial charge < -0.3 is 24.8 Å². The number of ether oxygens (including phenoxy) is 3. The van der Waals surface area contributed by atoms with Crippen LogP contribution in [0.2, 0.25) is 0 Å². The zero-order chi connectivity index (χ0) is 22.1. The fourth-order valence-electron chi connectivity index (χ4n) is 3.93. The van der Waals surface area contributed by atoms with E-state index in [1.165, 1.54) is 20.3 Å². The van der Waals surface area contributed by atoms with Crippen molar-refractivity contribution in [1.82, 2.24) is 9.97 Å². The van der Waals surface area contributed by atoms with Crippen molar-refractivity contribution in [3.63, 3.8) is 0 Å². The lowest BCUT2D eigenvalue weighted by Gasteiger charge is -2.33. The standard InChI is InChI=1S/C22H24F2N4O3/c1-29-13-4-6-28(7-5-13)22-14-9-18(25)26-11-12(14)8-15(27-22)19-20(23)16(30-2)10-17(31-3)21(19)24/h8-11,13H,4-7H2,1-3H3,(H2,25,26). The number of aromatic nitrogens is 2. The highest BCUT2D eigenvalue weighted by Crippen LogP contribution is 2.39. The zero-order valence-corrected chi connectivity index (χ0v) is 17.6. The Hall–Kier alpha value is -3.20. The van der Waals surface area contributed by atoms with E-state index in [1.54, 1.807) is 25.4 Å². The topological polar surface area (TPSA) is 82.7 Å². The first-order valence-corrected chi connectivity index (χ1v) is 9.91. The molecule has 1 saturated heterocycles. The van der Waals surface area contributed by atoms with Crippen molar-refractivity contribution in [3.8, 4) is 22.8 Å². The Labute approximate surface area is 178 Å². The van der Waals surface area contributed by atoms with E-state index in [1.807, 2.05) is 0 Å². The number of fused-ring (bicyclic) bond motifs is 1. The molecule has 3 heterocycles. The van der Waals surface area contributed by atoms with Gasteiger partial charge in [-0.1, -0.05) is 0 Å². The van der Waals surface area contributed by atoms with E-state index in [0.29, 0.717) is 30.1 Å². The van der Waals surface area contributed by atoms with Crippen molar-refractivity contribution < 1.29 is 23.0 Å². The Kier molecular flexibility index (Phi) is 5.77. The second kappa shape index (κ2) is 8.50. The van der Waals surface area contributed by atoms with E-state index in [2.05, 4.69) is 14.9 Å². The van der Waals surface area contributed by atoms with E-state index >= 15 is 8.78 Å². The molecule has 0 atom stereocenters. The molecule has 31 heavy (non-hydrogen) atoms. The van der Waals surface area contributed by atoms with Crippen LogP contribution in [0.5, 0.6) is 11.5 Å². The minimum absolute atomic E-state index is 0.120. The average Bonchev–Trinajstić information content (AvgIpc) is 2.79. The van der Waals surface area contributed by atoms with Gasteiger partial charge in [-0.05, 0) is 25.0 Å². The van der Waals surface area contributed by atoms with Gasteiger partial charge in [-0.2, -0.15) is 0 Å². The number of halogens is 2. The van der Waals surface area contributed by atoms with Gasteiger partial charge in [-0.3, -0.25) is 0 Å². The summed E-state index contributed by atoms with van der Waals surface area (Å²) >= 11 is 0. The third-order valence-corrected chi connectivity index (χ3v) is 5.62. The van der Waals surface area contributed by atoms with Crippen LogP contribution in [0.1, 0.15) is 12.8 Å². The summed E-state index contributed by atoms with van der Waals surface area (Å²) < 4.78 is 45.9. The van der Waals surface area contributed by atoms with Crippen LogP contribution in [0.25, 0.3) is 22.0 Å². The normalized spacial score (nSPS) is 14.8. The molecule has 4 rings (SSSR count). The van der Waals surface area contributed by atoms with Crippen LogP contribution in [0, 0.1) is 11.6 Å². The van der Waals surface area contributed by atoms with E-state index in [4.69, 9.17) is 19.9 Å². The Balaban J connectivity index is 1.92. The summed E-state index contributed by atoms with van der Waals surface area (Å²) in [5.41, 5.74) is 5.71. The molecule has 7 nitrogen and oxygen atoms in total. The number of rotatable bonds is 5. The molecule has 0 amide bonds. The average molecular weight is 430 g/mol. The van der Waals surface area contributed by atoms with Crippen molar-refractivity contribution in [3.05, 3.63) is 36.0 Å². The maximum absolute atomic E-state index is 15.1. The third kappa shape index (κ3) is 3.81. The van der Waals surface area contributed by atoms with Gasteiger partial charge in [0.1, 0.15) is 11.6 Å². The molecule has 9 heteroatoms. The molecule has 0 aliphatic carbocycles. The fourth-order valence-corrected chi connectivity index (χ4v) is 3.93. The summed E-state index contributed by atoms with van der Waals surface area (Å²) in [4.78, 5) is 10.9. The van der Waals surface area contributed by atoms with Crippen molar-refractivity contribution in [1.29, 1.82) is 0 Å². The quantitative estimate of drug-likeness (QED) is 0.659. The van der Waals surface area contributed by atoms with E-state index in [0.717, 1.165) is 18.2 Å². The van der Waals surface area contributed by atoms with Gasteiger partial charge in [-0.25, -0.2) is 18.7 Å². The highest BCUT2D eigenvalue weighted by atomic mass is 19.1. The lowest BCUT2D eigenvalue weighted by atomic mass is 10.0. The molecular formula is C22H24F2N4O3. The first-order valence-electron chi connectivity index (χ1n) is 9.91. The van der Waals surface area contributed by atoms with Gasteiger partial charge in [0, 0.05) is 43.2 Å². The number of hydrogen-bond donors (Lipinski definition) is 1. The second-order valence-electron chi connectivity index (χ2n) is 7.37. The van der Waals surface area contributed by atoms with Gasteiger partial charge in [0.2, 0.25) is 0 Å². The molecular weight excluding hydrogens is 406 g/mol. The summed E-state index contributed by atoms with van der Waals surface area (Å²) in [6, 6.07) is 4.49. The zero-order valence-electron chi connectivity index (χ0n) is 17.6. The molecule has 3 aromatic rings. The Morgan fingerprint density at radius 1 is 1.00 bits per heavy atom. The molecule has 1 aromatic carbocycles. The minimum atomic E-state index is -0.847. The lowest BCUT2D eigenvalue weighted by molar-refractivity contribution is 0.0818. The molecule has 1 aliphatic heterocycles. The summed E-state index contributed by atoms with van der Waals surface area (Å²) in [5, 5.41) is 1.44. The molecule has 0 spiro atoms. The number of hydrogen-bond acceptors (Lipinski definition) is 7. The minimum Gasteiger partial charge on any atom is -0.494 e. The third-order valence-electron chi connectivity index (χ3n) is 5.62. The Bertz CT molecular complexity index is 1090. The van der Waals surface area contributed by atoms with Crippen molar-refractivity contribution in [2.75, 3.05) is 45.1 Å². The Morgan fingerprint density at radius 3 is 2.23 bits per heavy atom. The van der Waals surface area contributed by atoms with Gasteiger partial charge in [0.15, 0.2) is 23.1 Å². The molecule has 0 saturated carbocycles. The van der Waals surface area contributed by atoms with E-state index < -0.39 is 11.6 Å². The van der Waals surface area contributed by atoms with Crippen LogP contribution in [0.3, 0.4) is 0 Å². The van der Waals surface area contributed by atoms with Crippen LogP contribution in [-0.4, -0.2) is 50.5 Å². The summed E-state index contributed by atoms with van der Waals surface area (Å²) in [7, 11) is 4.32. The van der Waals surface area contributed by atoms with Crippen molar-refractivity contribution in [2.24, 2.45) is 0 Å². The molecule has 2 aromatic heterocycles. The number of benzene rings is 1. The number of pyridine rings is 2. The van der Waals surface area contributed by atoms with Gasteiger partial charge in [0.25, 0.3) is 0 Å². The number of piperidine rings is 1. The number of anilines is 2. The smallest absolute Gasteiger partial charge is 0.177 e. The summed E-state index contributed by atoms with van der Waals surface area (Å²) in [6.45, 7) is 1.39. The maximum Gasteiger partial charge on any atom is 0.177 e. The van der Waals surface area contributed by atoms with Crippen LogP contribution >= 0.6 is 0 Å². The maximum atomic E-state index is 15.1. The summed E-state index contributed by atoms with van der Waals surface area (Å²) in [6.07, 6.45) is 3.39. The van der Waals surface area contributed by atoms with Crippen LogP contribution in [-0.2, 0) is 4.74 Å². The first kappa shape index (κ1) is 21.0. The largest absolute Gasteiger partial charge is 0.494 e.